The van der Waals surface area contributed by atoms with Crippen LogP contribution in [0.4, 0.5) is 0 Å². The van der Waals surface area contributed by atoms with E-state index < -0.39 is 5.97 Å². The summed E-state index contributed by atoms with van der Waals surface area (Å²) >= 11 is 0. The van der Waals surface area contributed by atoms with E-state index in [0.29, 0.717) is 16.6 Å². The number of benzene rings is 3. The van der Waals surface area contributed by atoms with Gasteiger partial charge in [-0.2, -0.15) is 0 Å². The molecule has 0 saturated heterocycles. The number of carbonyl (C=O) groups is 1. The first-order valence-electron chi connectivity index (χ1n) is 9.29. The fraction of sp³-hybridized carbons (Fsp3) is 0. The molecule has 0 bridgehead atoms. The number of aromatic nitrogens is 2. The van der Waals surface area contributed by atoms with Gasteiger partial charge in [0.1, 0.15) is 0 Å². The predicted molar refractivity (Wildman–Crippen MR) is 115 cm³/mol. The highest BCUT2D eigenvalue weighted by molar-refractivity contribution is 6.15. The van der Waals surface area contributed by atoms with Crippen molar-refractivity contribution in [2.45, 2.75) is 0 Å². The Bertz CT molecular complexity index is 1360. The second-order valence-electron chi connectivity index (χ2n) is 6.78. The Morgan fingerprint density at radius 2 is 1.34 bits per heavy atom. The highest BCUT2D eigenvalue weighted by Crippen LogP contribution is 2.40. The molecule has 0 fully saturated rings. The molecule has 5 aromatic rings. The highest BCUT2D eigenvalue weighted by atomic mass is 16.4. The number of fused-ring (bicyclic) bond motifs is 3. The van der Waals surface area contributed by atoms with E-state index in [1.165, 1.54) is 0 Å². The van der Waals surface area contributed by atoms with Crippen molar-refractivity contribution in [1.29, 1.82) is 0 Å². The van der Waals surface area contributed by atoms with Gasteiger partial charge in [0.25, 0.3) is 0 Å². The van der Waals surface area contributed by atoms with Crippen molar-refractivity contribution in [3.63, 3.8) is 0 Å². The van der Waals surface area contributed by atoms with Crippen molar-refractivity contribution in [3.8, 4) is 22.3 Å². The first-order chi connectivity index (χ1) is 14.2. The summed E-state index contributed by atoms with van der Waals surface area (Å²) in [7, 11) is 0. The summed E-state index contributed by atoms with van der Waals surface area (Å²) in [5.74, 6) is -1.06. The van der Waals surface area contributed by atoms with Gasteiger partial charge in [0.15, 0.2) is 5.69 Å². The van der Waals surface area contributed by atoms with Crippen LogP contribution in [0.1, 0.15) is 10.5 Å². The SMILES string of the molecule is O=C(O)c1nc2c(ccc3cccnc32)c(-c2ccccc2)c1-c1ccccc1. The minimum atomic E-state index is -1.06. The summed E-state index contributed by atoms with van der Waals surface area (Å²) in [6.07, 6.45) is 1.71. The van der Waals surface area contributed by atoms with E-state index in [9.17, 15) is 9.90 Å². The summed E-state index contributed by atoms with van der Waals surface area (Å²) in [5, 5.41) is 11.9. The molecule has 0 aliphatic heterocycles. The monoisotopic (exact) mass is 376 g/mol. The third-order valence-electron chi connectivity index (χ3n) is 5.06. The van der Waals surface area contributed by atoms with E-state index in [4.69, 9.17) is 0 Å². The molecule has 4 heteroatoms. The number of hydrogen-bond acceptors (Lipinski definition) is 3. The smallest absolute Gasteiger partial charge is 0.355 e. The van der Waals surface area contributed by atoms with Gasteiger partial charge in [-0.15, -0.1) is 0 Å². The Kier molecular flexibility index (Phi) is 4.03. The minimum Gasteiger partial charge on any atom is -0.476 e. The van der Waals surface area contributed by atoms with Crippen LogP contribution in [0.2, 0.25) is 0 Å². The number of hydrogen-bond donors (Lipinski definition) is 1. The summed E-state index contributed by atoms with van der Waals surface area (Å²) < 4.78 is 0. The molecule has 0 amide bonds. The molecule has 0 unspecified atom stereocenters. The molecule has 2 heterocycles. The zero-order valence-corrected chi connectivity index (χ0v) is 15.4. The van der Waals surface area contributed by atoms with E-state index in [1.807, 2.05) is 84.9 Å². The molecule has 0 spiro atoms. The Hall–Kier alpha value is -4.05. The van der Waals surface area contributed by atoms with Crippen LogP contribution >= 0.6 is 0 Å². The number of carboxylic acid groups (broad SMARTS) is 1. The molecule has 0 saturated carbocycles. The Labute approximate surface area is 167 Å². The lowest BCUT2D eigenvalue weighted by molar-refractivity contribution is 0.0692. The third kappa shape index (κ3) is 2.82. The fourth-order valence-corrected chi connectivity index (χ4v) is 3.81. The van der Waals surface area contributed by atoms with Crippen LogP contribution in [0.15, 0.2) is 91.1 Å². The maximum atomic E-state index is 12.3. The van der Waals surface area contributed by atoms with Gasteiger partial charge in [0, 0.05) is 28.1 Å². The Morgan fingerprint density at radius 3 is 2.00 bits per heavy atom. The van der Waals surface area contributed by atoms with Gasteiger partial charge in [-0.3, -0.25) is 4.98 Å². The normalized spacial score (nSPS) is 11.0. The lowest BCUT2D eigenvalue weighted by atomic mass is 9.89. The molecular formula is C25H16N2O2. The summed E-state index contributed by atoms with van der Waals surface area (Å²) in [6, 6.07) is 27.2. The molecule has 2 aromatic heterocycles. The van der Waals surface area contributed by atoms with Crippen LogP contribution in [0.3, 0.4) is 0 Å². The Morgan fingerprint density at radius 1 is 0.690 bits per heavy atom. The maximum Gasteiger partial charge on any atom is 0.355 e. The molecule has 138 valence electrons. The van der Waals surface area contributed by atoms with E-state index in [1.54, 1.807) is 6.20 Å². The van der Waals surface area contributed by atoms with Gasteiger partial charge in [0.2, 0.25) is 0 Å². The molecule has 3 aromatic carbocycles. The van der Waals surface area contributed by atoms with E-state index in [0.717, 1.165) is 27.5 Å². The highest BCUT2D eigenvalue weighted by Gasteiger charge is 2.23. The van der Waals surface area contributed by atoms with Gasteiger partial charge in [0.05, 0.1) is 11.0 Å². The number of rotatable bonds is 3. The number of carboxylic acids is 1. The predicted octanol–water partition coefficient (Wildman–Crippen LogP) is 5.82. The third-order valence-corrected chi connectivity index (χ3v) is 5.06. The molecule has 1 N–H and O–H groups in total. The average Bonchev–Trinajstić information content (AvgIpc) is 2.78. The second-order valence-corrected chi connectivity index (χ2v) is 6.78. The molecule has 0 aliphatic carbocycles. The van der Waals surface area contributed by atoms with Crippen LogP contribution in [0.25, 0.3) is 44.1 Å². The first kappa shape index (κ1) is 17.1. The van der Waals surface area contributed by atoms with Gasteiger partial charge >= 0.3 is 5.97 Å². The van der Waals surface area contributed by atoms with Gasteiger partial charge in [-0.25, -0.2) is 9.78 Å². The van der Waals surface area contributed by atoms with Crippen molar-refractivity contribution >= 4 is 27.8 Å². The lowest BCUT2D eigenvalue weighted by Crippen LogP contribution is -2.06. The maximum absolute atomic E-state index is 12.3. The van der Waals surface area contributed by atoms with Crippen LogP contribution in [0, 0.1) is 0 Å². The largest absolute Gasteiger partial charge is 0.476 e. The molecule has 0 atom stereocenters. The summed E-state index contributed by atoms with van der Waals surface area (Å²) in [4.78, 5) is 21.4. The van der Waals surface area contributed by atoms with Crippen LogP contribution in [-0.4, -0.2) is 21.0 Å². The summed E-state index contributed by atoms with van der Waals surface area (Å²) in [5.41, 5.74) is 4.55. The number of aromatic carboxylic acids is 1. The Balaban J connectivity index is 2.03. The topological polar surface area (TPSA) is 63.1 Å². The quantitative estimate of drug-likeness (QED) is 0.403. The van der Waals surface area contributed by atoms with Crippen molar-refractivity contribution in [2.75, 3.05) is 0 Å². The van der Waals surface area contributed by atoms with E-state index in [2.05, 4.69) is 9.97 Å². The van der Waals surface area contributed by atoms with Crippen LogP contribution < -0.4 is 0 Å². The van der Waals surface area contributed by atoms with Crippen LogP contribution in [-0.2, 0) is 0 Å². The average molecular weight is 376 g/mol. The van der Waals surface area contributed by atoms with Crippen molar-refractivity contribution in [3.05, 3.63) is 96.8 Å². The van der Waals surface area contributed by atoms with E-state index >= 15 is 0 Å². The van der Waals surface area contributed by atoms with Gasteiger partial charge in [-0.1, -0.05) is 78.9 Å². The fourth-order valence-electron chi connectivity index (χ4n) is 3.81. The standard InChI is InChI=1S/C25H16N2O2/c28-25(29)24-21(17-10-5-2-6-11-17)20(16-8-3-1-4-9-16)19-14-13-18-12-7-15-26-22(18)23(19)27-24/h1-15H,(H,28,29). The molecular weight excluding hydrogens is 360 g/mol. The number of nitrogens with zero attached hydrogens (tertiary/aromatic N) is 2. The van der Waals surface area contributed by atoms with Gasteiger partial charge in [-0.05, 0) is 17.2 Å². The van der Waals surface area contributed by atoms with E-state index in [-0.39, 0.29) is 5.69 Å². The molecule has 4 nitrogen and oxygen atoms in total. The molecule has 0 radical (unpaired) electrons. The zero-order chi connectivity index (χ0) is 19.8. The summed E-state index contributed by atoms with van der Waals surface area (Å²) in [6.45, 7) is 0. The molecule has 5 rings (SSSR count). The van der Waals surface area contributed by atoms with Crippen molar-refractivity contribution < 1.29 is 9.90 Å². The van der Waals surface area contributed by atoms with Crippen LogP contribution in [0.5, 0.6) is 0 Å². The zero-order valence-electron chi connectivity index (χ0n) is 15.4. The first-order valence-corrected chi connectivity index (χ1v) is 9.29. The minimum absolute atomic E-state index is 0.0284. The number of pyridine rings is 2. The molecule has 0 aliphatic rings. The molecule has 29 heavy (non-hydrogen) atoms. The lowest BCUT2D eigenvalue weighted by Gasteiger charge is -2.17. The van der Waals surface area contributed by atoms with Crippen molar-refractivity contribution in [2.24, 2.45) is 0 Å². The van der Waals surface area contributed by atoms with Crippen molar-refractivity contribution in [1.82, 2.24) is 9.97 Å². The van der Waals surface area contributed by atoms with Gasteiger partial charge < -0.3 is 5.11 Å². The second kappa shape index (κ2) is 6.84.